The first-order valence-corrected chi connectivity index (χ1v) is 6.58. The zero-order valence-electron chi connectivity index (χ0n) is 12.1. The van der Waals surface area contributed by atoms with Crippen molar-refractivity contribution in [3.05, 3.63) is 23.3 Å². The molecule has 1 aliphatic rings. The quantitative estimate of drug-likeness (QED) is 0.863. The number of benzene rings is 1. The normalized spacial score (nSPS) is 21.9. The van der Waals surface area contributed by atoms with Gasteiger partial charge in [0.25, 0.3) is 0 Å². The summed E-state index contributed by atoms with van der Waals surface area (Å²) in [6, 6.07) is 4.79. The van der Waals surface area contributed by atoms with E-state index in [0.717, 1.165) is 24.4 Å². The van der Waals surface area contributed by atoms with Gasteiger partial charge >= 0.3 is 0 Å². The Morgan fingerprint density at radius 2 is 2.06 bits per heavy atom. The number of hydrogen-bond acceptors (Lipinski definition) is 3. The van der Waals surface area contributed by atoms with Crippen LogP contribution in [0.15, 0.2) is 12.1 Å². The second-order valence-corrected chi connectivity index (χ2v) is 5.97. The summed E-state index contributed by atoms with van der Waals surface area (Å²) in [4.78, 5) is 0. The number of ether oxygens (including phenoxy) is 1. The predicted molar refractivity (Wildman–Crippen MR) is 76.6 cm³/mol. The lowest BCUT2D eigenvalue weighted by molar-refractivity contribution is 0.412. The summed E-state index contributed by atoms with van der Waals surface area (Å²) < 4.78 is 5.51. The zero-order valence-corrected chi connectivity index (χ0v) is 12.1. The van der Waals surface area contributed by atoms with Gasteiger partial charge < -0.3 is 15.4 Å². The van der Waals surface area contributed by atoms with E-state index in [0.29, 0.717) is 6.04 Å². The Balaban J connectivity index is 2.19. The van der Waals surface area contributed by atoms with Gasteiger partial charge in [-0.15, -0.1) is 0 Å². The average molecular weight is 248 g/mol. The summed E-state index contributed by atoms with van der Waals surface area (Å²) in [5, 5.41) is 7.14. The molecule has 1 fully saturated rings. The number of rotatable bonds is 3. The lowest BCUT2D eigenvalue weighted by Gasteiger charge is -2.20. The average Bonchev–Trinajstić information content (AvgIpc) is 2.57. The maximum atomic E-state index is 5.51. The van der Waals surface area contributed by atoms with Gasteiger partial charge in [0.15, 0.2) is 0 Å². The van der Waals surface area contributed by atoms with Crippen molar-refractivity contribution in [1.29, 1.82) is 0 Å². The molecule has 0 radical (unpaired) electrons. The first kappa shape index (κ1) is 13.2. The molecular weight excluding hydrogens is 224 g/mol. The summed E-state index contributed by atoms with van der Waals surface area (Å²) in [6.07, 6.45) is 1.13. The molecule has 0 saturated carbocycles. The van der Waals surface area contributed by atoms with E-state index in [9.17, 15) is 0 Å². The van der Waals surface area contributed by atoms with Crippen molar-refractivity contribution < 1.29 is 4.74 Å². The van der Waals surface area contributed by atoms with Gasteiger partial charge in [0, 0.05) is 18.1 Å². The van der Waals surface area contributed by atoms with Crippen LogP contribution in [0.4, 0.5) is 5.69 Å². The highest BCUT2D eigenvalue weighted by molar-refractivity contribution is 5.62. The molecule has 1 aliphatic heterocycles. The van der Waals surface area contributed by atoms with Gasteiger partial charge in [0.05, 0.1) is 12.8 Å². The molecule has 100 valence electrons. The van der Waals surface area contributed by atoms with Gasteiger partial charge in [0.1, 0.15) is 5.75 Å². The molecule has 1 saturated heterocycles. The highest BCUT2D eigenvalue weighted by atomic mass is 16.5. The first-order chi connectivity index (χ1) is 8.41. The van der Waals surface area contributed by atoms with Crippen LogP contribution in [0.1, 0.15) is 31.4 Å². The third kappa shape index (κ3) is 2.78. The van der Waals surface area contributed by atoms with Crippen molar-refractivity contribution in [2.24, 2.45) is 0 Å². The fraction of sp³-hybridized carbons (Fsp3) is 0.600. The van der Waals surface area contributed by atoms with Gasteiger partial charge in [-0.3, -0.25) is 0 Å². The van der Waals surface area contributed by atoms with Crippen LogP contribution in [0.3, 0.4) is 0 Å². The third-order valence-corrected chi connectivity index (χ3v) is 3.57. The van der Waals surface area contributed by atoms with E-state index >= 15 is 0 Å². The topological polar surface area (TPSA) is 33.3 Å². The molecule has 0 aromatic heterocycles. The largest absolute Gasteiger partial charge is 0.494 e. The Kier molecular flexibility index (Phi) is 3.53. The van der Waals surface area contributed by atoms with Gasteiger partial charge in [-0.2, -0.15) is 0 Å². The zero-order chi connectivity index (χ0) is 13.3. The van der Waals surface area contributed by atoms with Crippen LogP contribution >= 0.6 is 0 Å². The van der Waals surface area contributed by atoms with E-state index in [1.54, 1.807) is 7.11 Å². The lowest BCUT2D eigenvalue weighted by atomic mass is 10.0. The number of methoxy groups -OCH3 is 1. The first-order valence-electron chi connectivity index (χ1n) is 6.58. The molecule has 1 heterocycles. The Labute approximate surface area is 110 Å². The summed E-state index contributed by atoms with van der Waals surface area (Å²) in [5.74, 6) is 0.963. The molecule has 0 spiro atoms. The highest BCUT2D eigenvalue weighted by Crippen LogP contribution is 2.32. The van der Waals surface area contributed by atoms with Crippen molar-refractivity contribution in [1.82, 2.24) is 5.32 Å². The van der Waals surface area contributed by atoms with Gasteiger partial charge in [-0.05, 0) is 51.3 Å². The molecule has 2 rings (SSSR count). The molecule has 1 aromatic rings. The van der Waals surface area contributed by atoms with E-state index in [2.05, 4.69) is 50.5 Å². The minimum Gasteiger partial charge on any atom is -0.494 e. The van der Waals surface area contributed by atoms with Crippen molar-refractivity contribution in [3.63, 3.8) is 0 Å². The van der Waals surface area contributed by atoms with Crippen LogP contribution in [0, 0.1) is 13.8 Å². The maximum Gasteiger partial charge on any atom is 0.144 e. The standard InChI is InChI=1S/C15H24N2O/c1-10-6-11(2)14(18-5)13(7-10)17-12-8-15(3,4)16-9-12/h6-7,12,16-17H,8-9H2,1-5H3. The molecular formula is C15H24N2O. The Bertz CT molecular complexity index is 440. The SMILES string of the molecule is COc1c(C)cc(C)cc1NC1CNC(C)(C)C1. The van der Waals surface area contributed by atoms with E-state index in [1.807, 2.05) is 0 Å². The van der Waals surface area contributed by atoms with E-state index < -0.39 is 0 Å². The van der Waals surface area contributed by atoms with Crippen molar-refractivity contribution in [2.75, 3.05) is 19.0 Å². The molecule has 1 unspecified atom stereocenters. The molecule has 0 aliphatic carbocycles. The van der Waals surface area contributed by atoms with E-state index in [-0.39, 0.29) is 5.54 Å². The van der Waals surface area contributed by atoms with Crippen LogP contribution in [0.5, 0.6) is 5.75 Å². The fourth-order valence-electron chi connectivity index (χ4n) is 2.81. The van der Waals surface area contributed by atoms with E-state index in [1.165, 1.54) is 11.1 Å². The van der Waals surface area contributed by atoms with Gasteiger partial charge in [0.2, 0.25) is 0 Å². The maximum absolute atomic E-state index is 5.51. The number of anilines is 1. The number of aryl methyl sites for hydroxylation is 2. The van der Waals surface area contributed by atoms with Crippen LogP contribution in [-0.4, -0.2) is 25.2 Å². The smallest absolute Gasteiger partial charge is 0.144 e. The molecule has 1 aromatic carbocycles. The number of nitrogens with one attached hydrogen (secondary N) is 2. The molecule has 3 heteroatoms. The van der Waals surface area contributed by atoms with Crippen LogP contribution in [0.25, 0.3) is 0 Å². The Hall–Kier alpha value is -1.22. The summed E-state index contributed by atoms with van der Waals surface area (Å²) in [6.45, 7) is 9.70. The minimum atomic E-state index is 0.226. The van der Waals surface area contributed by atoms with Gasteiger partial charge in [-0.25, -0.2) is 0 Å². The third-order valence-electron chi connectivity index (χ3n) is 3.57. The second-order valence-electron chi connectivity index (χ2n) is 5.97. The van der Waals surface area contributed by atoms with Crippen molar-refractivity contribution in [3.8, 4) is 5.75 Å². The Morgan fingerprint density at radius 1 is 1.33 bits per heavy atom. The molecule has 2 N–H and O–H groups in total. The molecule has 3 nitrogen and oxygen atoms in total. The molecule has 1 atom stereocenters. The molecule has 0 bridgehead atoms. The molecule has 0 amide bonds. The van der Waals surface area contributed by atoms with Crippen molar-refractivity contribution >= 4 is 5.69 Å². The Morgan fingerprint density at radius 3 is 2.61 bits per heavy atom. The van der Waals surface area contributed by atoms with Crippen molar-refractivity contribution in [2.45, 2.75) is 45.7 Å². The summed E-state index contributed by atoms with van der Waals surface area (Å²) in [7, 11) is 1.74. The predicted octanol–water partition coefficient (Wildman–Crippen LogP) is 2.86. The summed E-state index contributed by atoms with van der Waals surface area (Å²) in [5.41, 5.74) is 3.79. The monoisotopic (exact) mass is 248 g/mol. The fourth-order valence-corrected chi connectivity index (χ4v) is 2.81. The van der Waals surface area contributed by atoms with Crippen LogP contribution in [0.2, 0.25) is 0 Å². The molecule has 18 heavy (non-hydrogen) atoms. The van der Waals surface area contributed by atoms with E-state index in [4.69, 9.17) is 4.74 Å². The van der Waals surface area contributed by atoms with Crippen LogP contribution in [-0.2, 0) is 0 Å². The van der Waals surface area contributed by atoms with Crippen LogP contribution < -0.4 is 15.4 Å². The highest BCUT2D eigenvalue weighted by Gasteiger charge is 2.30. The van der Waals surface area contributed by atoms with Gasteiger partial charge in [-0.1, -0.05) is 6.07 Å². The number of hydrogen-bond donors (Lipinski definition) is 2. The summed E-state index contributed by atoms with van der Waals surface area (Å²) >= 11 is 0. The lowest BCUT2D eigenvalue weighted by Crippen LogP contribution is -2.31. The minimum absolute atomic E-state index is 0.226. The second kappa shape index (κ2) is 4.81.